The molecule has 6 nitrogen and oxygen atoms in total. The fourth-order valence-electron chi connectivity index (χ4n) is 1.37. The van der Waals surface area contributed by atoms with Gasteiger partial charge in [0.1, 0.15) is 5.57 Å². The number of carbonyl (C=O) groups is 2. The van der Waals surface area contributed by atoms with E-state index in [1.807, 2.05) is 0 Å². The molecule has 0 bridgehead atoms. The van der Waals surface area contributed by atoms with Crippen molar-refractivity contribution in [1.82, 2.24) is 0 Å². The summed E-state index contributed by atoms with van der Waals surface area (Å²) in [7, 11) is 1.37. The van der Waals surface area contributed by atoms with Gasteiger partial charge in [-0.25, -0.2) is 9.59 Å². The van der Waals surface area contributed by atoms with Crippen LogP contribution in [0.15, 0.2) is 23.8 Å². The average Bonchev–Trinajstić information content (AvgIpc) is 2.37. The molecular formula is C13H14O6. The third-order valence-electron chi connectivity index (χ3n) is 2.24. The van der Waals surface area contributed by atoms with Crippen molar-refractivity contribution >= 4 is 18.0 Å². The number of hydrogen-bond donors (Lipinski definition) is 2. The normalized spacial score (nSPS) is 10.9. The van der Waals surface area contributed by atoms with E-state index >= 15 is 0 Å². The Balaban J connectivity index is 3.15. The molecular weight excluding hydrogens is 252 g/mol. The van der Waals surface area contributed by atoms with Crippen molar-refractivity contribution in [2.75, 3.05) is 13.7 Å². The SMILES string of the molecule is CCOC(=O)/C(=C\c1ccc(O)c(OC)c1)C(=O)O. The quantitative estimate of drug-likeness (QED) is 0.362. The molecule has 0 aliphatic rings. The van der Waals surface area contributed by atoms with Gasteiger partial charge in [0.2, 0.25) is 0 Å². The highest BCUT2D eigenvalue weighted by Gasteiger charge is 2.18. The molecule has 0 radical (unpaired) electrons. The highest BCUT2D eigenvalue weighted by Crippen LogP contribution is 2.27. The molecule has 0 fully saturated rings. The van der Waals surface area contributed by atoms with E-state index in [4.69, 9.17) is 9.84 Å². The number of aromatic hydroxyl groups is 1. The van der Waals surface area contributed by atoms with Crippen molar-refractivity contribution in [3.05, 3.63) is 29.3 Å². The standard InChI is InChI=1S/C13H14O6/c1-3-19-13(17)9(12(15)16)6-8-4-5-10(14)11(7-8)18-2/h4-7,14H,3H2,1-2H3,(H,15,16)/b9-6-. The zero-order valence-corrected chi connectivity index (χ0v) is 10.5. The third-order valence-corrected chi connectivity index (χ3v) is 2.24. The molecule has 0 amide bonds. The van der Waals surface area contributed by atoms with Gasteiger partial charge in [-0.15, -0.1) is 0 Å². The Kier molecular flexibility index (Phi) is 4.93. The van der Waals surface area contributed by atoms with Crippen LogP contribution in [0.5, 0.6) is 11.5 Å². The summed E-state index contributed by atoms with van der Waals surface area (Å²) in [5.74, 6) is -2.19. The molecule has 0 unspecified atom stereocenters. The van der Waals surface area contributed by atoms with Gasteiger partial charge in [0.25, 0.3) is 0 Å². The zero-order chi connectivity index (χ0) is 14.4. The summed E-state index contributed by atoms with van der Waals surface area (Å²) < 4.78 is 9.54. The first-order chi connectivity index (χ1) is 8.99. The number of carboxylic acid groups (broad SMARTS) is 1. The molecule has 1 aromatic carbocycles. The van der Waals surface area contributed by atoms with Crippen LogP contribution >= 0.6 is 0 Å². The van der Waals surface area contributed by atoms with Crippen LogP contribution in [-0.4, -0.2) is 35.9 Å². The van der Waals surface area contributed by atoms with Crippen LogP contribution in [0, 0.1) is 0 Å². The Hall–Kier alpha value is -2.50. The van der Waals surface area contributed by atoms with Crippen molar-refractivity contribution in [1.29, 1.82) is 0 Å². The number of carbonyl (C=O) groups excluding carboxylic acids is 1. The van der Waals surface area contributed by atoms with Gasteiger partial charge in [0, 0.05) is 0 Å². The lowest BCUT2D eigenvalue weighted by Gasteiger charge is -2.05. The van der Waals surface area contributed by atoms with Gasteiger partial charge in [-0.2, -0.15) is 0 Å². The Morgan fingerprint density at radius 2 is 2.05 bits per heavy atom. The summed E-state index contributed by atoms with van der Waals surface area (Å²) in [4.78, 5) is 22.5. The van der Waals surface area contributed by atoms with Gasteiger partial charge in [0.05, 0.1) is 13.7 Å². The maximum absolute atomic E-state index is 11.5. The molecule has 2 N–H and O–H groups in total. The van der Waals surface area contributed by atoms with Gasteiger partial charge in [-0.05, 0) is 30.7 Å². The second-order valence-electron chi connectivity index (χ2n) is 3.51. The highest BCUT2D eigenvalue weighted by molar-refractivity contribution is 6.17. The number of benzene rings is 1. The van der Waals surface area contributed by atoms with E-state index in [2.05, 4.69) is 4.74 Å². The lowest BCUT2D eigenvalue weighted by atomic mass is 10.1. The third kappa shape index (κ3) is 3.74. The predicted molar refractivity (Wildman–Crippen MR) is 66.9 cm³/mol. The van der Waals surface area contributed by atoms with Crippen LogP contribution in [0.2, 0.25) is 0 Å². The van der Waals surface area contributed by atoms with Crippen LogP contribution < -0.4 is 4.74 Å². The lowest BCUT2D eigenvalue weighted by molar-refractivity contribution is -0.143. The molecule has 0 aromatic heterocycles. The Morgan fingerprint density at radius 1 is 1.37 bits per heavy atom. The van der Waals surface area contributed by atoms with Crippen molar-refractivity contribution in [2.24, 2.45) is 0 Å². The van der Waals surface area contributed by atoms with E-state index in [1.54, 1.807) is 6.92 Å². The maximum atomic E-state index is 11.5. The second-order valence-corrected chi connectivity index (χ2v) is 3.51. The molecule has 19 heavy (non-hydrogen) atoms. The van der Waals surface area contributed by atoms with Gasteiger partial charge in [-0.3, -0.25) is 0 Å². The lowest BCUT2D eigenvalue weighted by Crippen LogP contribution is -2.15. The van der Waals surface area contributed by atoms with Crippen molar-refractivity contribution < 1.29 is 29.3 Å². The summed E-state index contributed by atoms with van der Waals surface area (Å²) in [6.07, 6.45) is 1.16. The monoisotopic (exact) mass is 266 g/mol. The van der Waals surface area contributed by atoms with Gasteiger partial charge in [-0.1, -0.05) is 6.07 Å². The molecule has 0 heterocycles. The van der Waals surface area contributed by atoms with E-state index in [-0.39, 0.29) is 18.1 Å². The van der Waals surface area contributed by atoms with Gasteiger partial charge < -0.3 is 19.7 Å². The van der Waals surface area contributed by atoms with Crippen molar-refractivity contribution in [2.45, 2.75) is 6.92 Å². The average molecular weight is 266 g/mol. The Bertz CT molecular complexity index is 518. The fourth-order valence-corrected chi connectivity index (χ4v) is 1.37. The molecule has 1 aromatic rings. The van der Waals surface area contributed by atoms with E-state index < -0.39 is 17.5 Å². The minimum absolute atomic E-state index is 0.0762. The summed E-state index contributed by atoms with van der Waals surface area (Å²) in [6, 6.07) is 4.22. The molecule has 0 saturated carbocycles. The van der Waals surface area contributed by atoms with Crippen LogP contribution in [0.25, 0.3) is 6.08 Å². The summed E-state index contributed by atoms with van der Waals surface area (Å²) in [5, 5.41) is 18.4. The van der Waals surface area contributed by atoms with Crippen LogP contribution in [0.3, 0.4) is 0 Å². The van der Waals surface area contributed by atoms with E-state index in [9.17, 15) is 14.7 Å². The van der Waals surface area contributed by atoms with Crippen molar-refractivity contribution in [3.8, 4) is 11.5 Å². The Labute approximate surface area is 109 Å². The first kappa shape index (κ1) is 14.6. The predicted octanol–water partition coefficient (Wildman–Crippen LogP) is 1.43. The fraction of sp³-hybridized carbons (Fsp3) is 0.231. The number of rotatable bonds is 5. The van der Waals surface area contributed by atoms with Crippen LogP contribution in [0.4, 0.5) is 0 Å². The molecule has 0 saturated heterocycles. The number of carboxylic acids is 1. The number of esters is 1. The topological polar surface area (TPSA) is 93.1 Å². The molecule has 6 heteroatoms. The maximum Gasteiger partial charge on any atom is 0.345 e. The summed E-state index contributed by atoms with van der Waals surface area (Å²) in [5.41, 5.74) is -0.0882. The highest BCUT2D eigenvalue weighted by atomic mass is 16.5. The first-order valence-electron chi connectivity index (χ1n) is 5.48. The molecule has 102 valence electrons. The van der Waals surface area contributed by atoms with Crippen LogP contribution in [0.1, 0.15) is 12.5 Å². The number of methoxy groups -OCH3 is 1. The second kappa shape index (κ2) is 6.44. The molecule has 0 spiro atoms. The van der Waals surface area contributed by atoms with E-state index in [0.29, 0.717) is 5.56 Å². The van der Waals surface area contributed by atoms with E-state index in [0.717, 1.165) is 6.08 Å². The smallest absolute Gasteiger partial charge is 0.345 e. The molecule has 0 aliphatic heterocycles. The minimum atomic E-state index is -1.38. The van der Waals surface area contributed by atoms with Gasteiger partial charge >= 0.3 is 11.9 Å². The molecule has 0 aliphatic carbocycles. The number of hydrogen-bond acceptors (Lipinski definition) is 5. The minimum Gasteiger partial charge on any atom is -0.504 e. The van der Waals surface area contributed by atoms with Crippen LogP contribution in [-0.2, 0) is 14.3 Å². The summed E-state index contributed by atoms with van der Waals surface area (Å²) in [6.45, 7) is 1.67. The largest absolute Gasteiger partial charge is 0.504 e. The number of phenols is 1. The molecule has 1 rings (SSSR count). The first-order valence-corrected chi connectivity index (χ1v) is 5.48. The van der Waals surface area contributed by atoms with Gasteiger partial charge in [0.15, 0.2) is 11.5 Å². The van der Waals surface area contributed by atoms with E-state index in [1.165, 1.54) is 25.3 Å². The summed E-state index contributed by atoms with van der Waals surface area (Å²) >= 11 is 0. The zero-order valence-electron chi connectivity index (χ0n) is 10.5. The Morgan fingerprint density at radius 3 is 2.58 bits per heavy atom. The molecule has 0 atom stereocenters. The number of ether oxygens (including phenoxy) is 2. The number of aliphatic carboxylic acids is 1. The van der Waals surface area contributed by atoms with Crippen molar-refractivity contribution in [3.63, 3.8) is 0 Å². The number of phenolic OH excluding ortho intramolecular Hbond substituents is 1.